The molecule has 1 saturated carbocycles. The number of ether oxygens (including phenoxy) is 1. The van der Waals surface area contributed by atoms with Gasteiger partial charge in [-0.15, -0.1) is 0 Å². The van der Waals surface area contributed by atoms with Crippen molar-refractivity contribution in [2.45, 2.75) is 135 Å². The second-order valence-electron chi connectivity index (χ2n) is 15.1. The van der Waals surface area contributed by atoms with Crippen molar-refractivity contribution < 1.29 is 27.1 Å². The molecule has 1 spiro atoms. The van der Waals surface area contributed by atoms with Crippen LogP contribution in [0, 0.1) is 10.6 Å². The van der Waals surface area contributed by atoms with Gasteiger partial charge in [0, 0.05) is 29.7 Å². The average molecular weight is 591 g/mol. The fourth-order valence-electron chi connectivity index (χ4n) is 6.98. The quantitative estimate of drug-likeness (QED) is 0.203. The second kappa shape index (κ2) is 9.78. The lowest BCUT2D eigenvalue weighted by Crippen LogP contribution is -2.49. The van der Waals surface area contributed by atoms with Gasteiger partial charge in [-0.1, -0.05) is 67.4 Å². The Hall–Kier alpha value is -1.97. The maximum Gasteiger partial charge on any atom is 0.433 e. The first-order valence-corrected chi connectivity index (χ1v) is 17.9. The molecule has 9 heteroatoms. The van der Waals surface area contributed by atoms with Crippen LogP contribution in [0.3, 0.4) is 0 Å². The number of aromatic nitrogens is 2. The molecule has 2 atom stereocenters. The Morgan fingerprint density at radius 3 is 2.24 bits per heavy atom. The minimum Gasteiger partial charge on any atom is -0.618 e. The molecule has 5 rings (SSSR count). The zero-order valence-corrected chi connectivity index (χ0v) is 27.0. The Morgan fingerprint density at radius 2 is 1.73 bits per heavy atom. The van der Waals surface area contributed by atoms with Crippen molar-refractivity contribution in [2.24, 2.45) is 5.41 Å². The van der Waals surface area contributed by atoms with Gasteiger partial charge < -0.3 is 14.4 Å². The van der Waals surface area contributed by atoms with E-state index in [0.717, 1.165) is 65.3 Å². The third-order valence-electron chi connectivity index (χ3n) is 9.94. The molecule has 3 heterocycles. The minimum atomic E-state index is -4.53. The summed E-state index contributed by atoms with van der Waals surface area (Å²) in [5.74, 6) is -0.110. The Bertz CT molecular complexity index is 1320. The van der Waals surface area contributed by atoms with E-state index in [-0.39, 0.29) is 22.5 Å². The molecule has 0 amide bonds. The Kier molecular flexibility index (Phi) is 7.27. The Balaban J connectivity index is 1.79. The number of alkyl halides is 3. The van der Waals surface area contributed by atoms with E-state index < -0.39 is 31.9 Å². The summed E-state index contributed by atoms with van der Waals surface area (Å²) in [4.78, 5) is 3.77. The number of pyridine rings is 2. The lowest BCUT2D eigenvalue weighted by atomic mass is 9.70. The van der Waals surface area contributed by atoms with E-state index in [9.17, 15) is 18.4 Å². The van der Waals surface area contributed by atoms with Crippen LogP contribution in [0.15, 0.2) is 18.3 Å². The number of fused-ring (bicyclic) bond motifs is 4. The van der Waals surface area contributed by atoms with Gasteiger partial charge in [0.15, 0.2) is 14.0 Å². The van der Waals surface area contributed by atoms with E-state index in [2.05, 4.69) is 52.7 Å². The van der Waals surface area contributed by atoms with E-state index in [1.807, 2.05) is 13.8 Å². The number of halogens is 3. The molecule has 0 bridgehead atoms. The van der Waals surface area contributed by atoms with Crippen LogP contribution in [0.1, 0.15) is 138 Å². The normalized spacial score (nSPS) is 23.7. The molecular weight excluding hydrogens is 545 g/mol. The lowest BCUT2D eigenvalue weighted by Gasteiger charge is -2.45. The first-order chi connectivity index (χ1) is 18.8. The van der Waals surface area contributed by atoms with E-state index in [0.29, 0.717) is 17.7 Å². The average Bonchev–Trinajstić information content (AvgIpc) is 3.42. The smallest absolute Gasteiger partial charge is 0.433 e. The summed E-state index contributed by atoms with van der Waals surface area (Å²) in [5, 5.41) is 14.4. The van der Waals surface area contributed by atoms with Crippen LogP contribution in [0.25, 0.3) is 0 Å². The summed E-state index contributed by atoms with van der Waals surface area (Å²) in [6.07, 6.45) is 0.878. The summed E-state index contributed by atoms with van der Waals surface area (Å²) in [5.41, 5.74) is 3.18. The highest BCUT2D eigenvalue weighted by atomic mass is 28.4. The van der Waals surface area contributed by atoms with Gasteiger partial charge in [0.25, 0.3) is 0 Å². The fraction of sp³-hybridized carbons (Fsp3) is 0.688. The van der Waals surface area contributed by atoms with Crippen LogP contribution >= 0.6 is 0 Å². The maximum absolute atomic E-state index is 14.4. The van der Waals surface area contributed by atoms with Crippen LogP contribution in [0.5, 0.6) is 0 Å². The van der Waals surface area contributed by atoms with Gasteiger partial charge in [-0.3, -0.25) is 4.98 Å². The predicted molar refractivity (Wildman–Crippen MR) is 155 cm³/mol. The van der Waals surface area contributed by atoms with E-state index in [1.165, 1.54) is 12.3 Å². The number of hydrogen-bond acceptors (Lipinski definition) is 4. The zero-order chi connectivity index (χ0) is 30.3. The summed E-state index contributed by atoms with van der Waals surface area (Å²) < 4.78 is 55.4. The van der Waals surface area contributed by atoms with Crippen molar-refractivity contribution in [1.29, 1.82) is 0 Å². The third-order valence-corrected chi connectivity index (χ3v) is 14.4. The standard InChI is InChI=1S/C32H45F3N2O3Si/c1-19(2)27-25-26(24-21(37(27)38)16-30(6,7)17-22(24)40-41(8,9)29(3,4)5)31(14-10-11-15-31)39-28(25)20-12-13-23(36-18-20)32(33,34)35/h12-13,18-19,22,28H,10-11,14-17H2,1-9H3/t22-,28+/m0/s1. The molecule has 0 unspecified atom stereocenters. The highest BCUT2D eigenvalue weighted by molar-refractivity contribution is 6.74. The van der Waals surface area contributed by atoms with Gasteiger partial charge in [-0.25, -0.2) is 0 Å². The van der Waals surface area contributed by atoms with Crippen molar-refractivity contribution in [3.63, 3.8) is 0 Å². The van der Waals surface area contributed by atoms with Crippen LogP contribution in [0.4, 0.5) is 13.2 Å². The molecule has 1 aliphatic heterocycles. The van der Waals surface area contributed by atoms with Gasteiger partial charge in [-0.2, -0.15) is 17.9 Å². The number of nitrogens with zero attached hydrogens (tertiary/aromatic N) is 2. The number of rotatable bonds is 4. The second-order valence-corrected chi connectivity index (χ2v) is 19.8. The van der Waals surface area contributed by atoms with Crippen molar-refractivity contribution in [3.8, 4) is 0 Å². The Labute approximate surface area is 243 Å². The lowest BCUT2D eigenvalue weighted by molar-refractivity contribution is -0.626. The molecule has 3 aliphatic rings. The topological polar surface area (TPSA) is 58.3 Å². The van der Waals surface area contributed by atoms with Crippen LogP contribution in [-0.2, 0) is 27.4 Å². The largest absolute Gasteiger partial charge is 0.618 e. The Morgan fingerprint density at radius 1 is 1.10 bits per heavy atom. The summed E-state index contributed by atoms with van der Waals surface area (Å²) in [6, 6.07) is 2.48. The molecule has 0 N–H and O–H groups in total. The highest BCUT2D eigenvalue weighted by Gasteiger charge is 2.56. The molecule has 5 nitrogen and oxygen atoms in total. The monoisotopic (exact) mass is 590 g/mol. The van der Waals surface area contributed by atoms with Gasteiger partial charge in [0.1, 0.15) is 11.8 Å². The molecule has 226 valence electrons. The first-order valence-electron chi connectivity index (χ1n) is 15.0. The van der Waals surface area contributed by atoms with E-state index in [4.69, 9.17) is 9.16 Å². The SMILES string of the molecule is CC(C)c1c2c(c3c([n+]1[O-])CC(C)(C)C[C@@H]3O[Si](C)(C)C(C)(C)C)C1(CCCC1)O[C@@H]2c1ccc(C(F)(F)F)nc1. The van der Waals surface area contributed by atoms with E-state index >= 15 is 0 Å². The molecule has 0 saturated heterocycles. The molecule has 2 aromatic heterocycles. The summed E-state index contributed by atoms with van der Waals surface area (Å²) in [7, 11) is -2.23. The molecule has 0 radical (unpaired) electrons. The van der Waals surface area contributed by atoms with Gasteiger partial charge in [0.05, 0.1) is 22.8 Å². The van der Waals surface area contributed by atoms with Crippen molar-refractivity contribution in [1.82, 2.24) is 4.98 Å². The van der Waals surface area contributed by atoms with E-state index in [1.54, 1.807) is 0 Å². The predicted octanol–water partition coefficient (Wildman–Crippen LogP) is 8.78. The minimum absolute atomic E-state index is 0.0147. The van der Waals surface area contributed by atoms with Crippen LogP contribution < -0.4 is 4.73 Å². The first kappa shape index (κ1) is 30.5. The molecular formula is C32H45F3N2O3Si. The van der Waals surface area contributed by atoms with Crippen molar-refractivity contribution in [2.75, 3.05) is 0 Å². The molecule has 41 heavy (non-hydrogen) atoms. The van der Waals surface area contributed by atoms with Crippen molar-refractivity contribution >= 4 is 8.32 Å². The van der Waals surface area contributed by atoms with Gasteiger partial charge in [-0.05, 0) is 48.9 Å². The van der Waals surface area contributed by atoms with Crippen LogP contribution in [-0.4, -0.2) is 13.3 Å². The third kappa shape index (κ3) is 5.14. The highest BCUT2D eigenvalue weighted by Crippen LogP contribution is 2.60. The van der Waals surface area contributed by atoms with Gasteiger partial charge >= 0.3 is 6.18 Å². The maximum atomic E-state index is 14.4. The summed E-state index contributed by atoms with van der Waals surface area (Å²) >= 11 is 0. The van der Waals surface area contributed by atoms with Crippen molar-refractivity contribution in [3.05, 3.63) is 62.9 Å². The molecule has 2 aromatic rings. The summed E-state index contributed by atoms with van der Waals surface area (Å²) in [6.45, 7) is 19.6. The zero-order valence-electron chi connectivity index (χ0n) is 26.0. The molecule has 0 aromatic carbocycles. The molecule has 1 fully saturated rings. The fourth-order valence-corrected chi connectivity index (χ4v) is 8.25. The number of hydrogen-bond donors (Lipinski definition) is 0. The molecule has 2 aliphatic carbocycles. The van der Waals surface area contributed by atoms with Crippen LogP contribution in [0.2, 0.25) is 18.1 Å². The van der Waals surface area contributed by atoms with Gasteiger partial charge in [0.2, 0.25) is 5.69 Å².